The fourth-order valence-corrected chi connectivity index (χ4v) is 6.79. The Morgan fingerprint density at radius 1 is 0.465 bits per heavy atom. The molecule has 0 aliphatic carbocycles. The Bertz CT molecular complexity index is 2140. The Balaban J connectivity index is 3.18. The van der Waals surface area contributed by atoms with Gasteiger partial charge in [0.15, 0.2) is 37.3 Å². The van der Waals surface area contributed by atoms with Gasteiger partial charge in [-0.1, -0.05) is 0 Å². The lowest BCUT2D eigenvalue weighted by molar-refractivity contribution is -0.322. The topological polar surface area (TPSA) is 386 Å². The van der Waals surface area contributed by atoms with Crippen molar-refractivity contribution in [2.45, 2.75) is 162 Å². The number of carbonyl (C=O) groups excluding carboxylic acids is 15. The fourth-order valence-electron chi connectivity index (χ4n) is 6.79. The first-order valence-electron chi connectivity index (χ1n) is 21.4. The monoisotopic (exact) mass is 1010 g/mol. The van der Waals surface area contributed by atoms with Crippen LogP contribution < -0.4 is 0 Å². The standard InChI is InChI=1S/C44H54O27/c1-19(45)9-30(53)62-17-29-38(41(68-35(58)14-24(6)50)44(70-29,71-36(59)15-25(7)51)18-63-31(54)10-20(2)46)69-43-40(67-34(57)13-23(5)49)39(66-33(56)12-22(4)48)37(65-32(55)11-21(3)47)28(64-43)16-27(26(8)52)42(60)61/h27-29,37-41,43H,9-18H2,1-8H3,(H,60,61)/t27?,28-,29-,37+,38-,39+,40-,41+,43+,44+/m1/s1. The van der Waals surface area contributed by atoms with E-state index in [2.05, 4.69) is 0 Å². The molecule has 0 bridgehead atoms. The molecule has 71 heavy (non-hydrogen) atoms. The molecule has 10 atom stereocenters. The average Bonchev–Trinajstić information content (AvgIpc) is 3.45. The largest absolute Gasteiger partial charge is 0.481 e. The van der Waals surface area contributed by atoms with E-state index >= 15 is 0 Å². The number of hydrogen-bond donors (Lipinski definition) is 1. The van der Waals surface area contributed by atoms with Crippen LogP contribution >= 0.6 is 0 Å². The van der Waals surface area contributed by atoms with Crippen LogP contribution in [0.25, 0.3) is 0 Å². The minimum atomic E-state index is -3.07. The first-order chi connectivity index (χ1) is 32.9. The van der Waals surface area contributed by atoms with Crippen LogP contribution in [0.5, 0.6) is 0 Å². The molecule has 27 nitrogen and oxygen atoms in total. The molecule has 2 heterocycles. The van der Waals surface area contributed by atoms with E-state index in [9.17, 15) is 81.8 Å². The van der Waals surface area contributed by atoms with Crippen molar-refractivity contribution in [3.8, 4) is 0 Å². The van der Waals surface area contributed by atoms with Crippen LogP contribution in [-0.4, -0.2) is 167 Å². The molecule has 0 aromatic heterocycles. The van der Waals surface area contributed by atoms with E-state index in [-0.39, 0.29) is 0 Å². The molecule has 0 radical (unpaired) electrons. The minimum Gasteiger partial charge on any atom is -0.481 e. The molecule has 0 spiro atoms. The molecule has 0 amide bonds. The summed E-state index contributed by atoms with van der Waals surface area (Å²) in [6.45, 7) is 5.08. The summed E-state index contributed by atoms with van der Waals surface area (Å²) in [5.74, 6) is -23.4. The molecule has 2 aliphatic rings. The number of carbonyl (C=O) groups is 16. The highest BCUT2D eigenvalue weighted by Gasteiger charge is 2.65. The van der Waals surface area contributed by atoms with E-state index in [1.807, 2.05) is 0 Å². The molecule has 392 valence electrons. The first kappa shape index (κ1) is 60.1. The van der Waals surface area contributed by atoms with Crippen molar-refractivity contribution in [2.24, 2.45) is 5.92 Å². The maximum absolute atomic E-state index is 13.5. The van der Waals surface area contributed by atoms with Gasteiger partial charge in [-0.25, -0.2) is 0 Å². The Hall–Kier alpha value is -7.00. The molecule has 0 aromatic rings. The quantitative estimate of drug-likeness (QED) is 0.0533. The van der Waals surface area contributed by atoms with Crippen LogP contribution in [0.3, 0.4) is 0 Å². The zero-order chi connectivity index (χ0) is 54.1. The van der Waals surface area contributed by atoms with Gasteiger partial charge in [0.2, 0.25) is 0 Å². The van der Waals surface area contributed by atoms with Crippen LogP contribution in [0.4, 0.5) is 0 Å². The van der Waals surface area contributed by atoms with Crippen molar-refractivity contribution < 1.29 is 129 Å². The molecule has 2 aliphatic heterocycles. The second-order valence-electron chi connectivity index (χ2n) is 16.6. The molecular formula is C44H54O27. The van der Waals surface area contributed by atoms with E-state index < -0.39 is 219 Å². The van der Waals surface area contributed by atoms with Crippen LogP contribution in [0.15, 0.2) is 0 Å². The predicted molar refractivity (Wildman–Crippen MR) is 222 cm³/mol. The van der Waals surface area contributed by atoms with Gasteiger partial charge in [-0.2, -0.15) is 0 Å². The SMILES string of the molecule is CC(=O)CC(=O)OC[C@H]1O[C@@](COC(=O)CC(C)=O)(OC(=O)CC(C)=O)[C@@H](OC(=O)CC(C)=O)[C@@H]1O[C@@H]1O[C@H](CC(C(C)=O)C(=O)O)[C@H](OC(=O)CC(C)=O)[C@H](OC(=O)CC(C)=O)[C@H]1OC(=O)CC(C)=O. The summed E-state index contributed by atoms with van der Waals surface area (Å²) in [5.41, 5.74) is 0. The molecule has 1 unspecified atom stereocenters. The molecule has 1 N–H and O–H groups in total. The highest BCUT2D eigenvalue weighted by atomic mass is 16.8. The van der Waals surface area contributed by atoms with Gasteiger partial charge in [-0.05, 0) is 61.8 Å². The number of ketones is 8. The molecular weight excluding hydrogens is 960 g/mol. The molecule has 0 saturated carbocycles. The third kappa shape index (κ3) is 20.1. The number of ether oxygens (including phenoxy) is 10. The maximum atomic E-state index is 13.5. The van der Waals surface area contributed by atoms with E-state index in [0.29, 0.717) is 0 Å². The Morgan fingerprint density at radius 2 is 0.859 bits per heavy atom. The third-order valence-corrected chi connectivity index (χ3v) is 9.53. The van der Waals surface area contributed by atoms with Crippen LogP contribution in [0, 0.1) is 5.92 Å². The van der Waals surface area contributed by atoms with Crippen LogP contribution in [-0.2, 0) is 124 Å². The predicted octanol–water partition coefficient (Wildman–Crippen LogP) is -0.998. The summed E-state index contributed by atoms with van der Waals surface area (Å²) >= 11 is 0. The van der Waals surface area contributed by atoms with Gasteiger partial charge in [0.25, 0.3) is 5.79 Å². The van der Waals surface area contributed by atoms with E-state index in [1.165, 1.54) is 0 Å². The van der Waals surface area contributed by atoms with Gasteiger partial charge in [-0.15, -0.1) is 0 Å². The number of Topliss-reactive ketones (excluding diaryl/α,β-unsaturated/α-hetero) is 8. The van der Waals surface area contributed by atoms with Gasteiger partial charge in [0, 0.05) is 0 Å². The second kappa shape index (κ2) is 27.4. The van der Waals surface area contributed by atoms with E-state index in [0.717, 1.165) is 55.4 Å². The summed E-state index contributed by atoms with van der Waals surface area (Å²) in [5, 5.41) is 10.1. The fraction of sp³-hybridized carbons (Fsp3) is 0.636. The second-order valence-corrected chi connectivity index (χ2v) is 16.6. The number of esters is 7. The van der Waals surface area contributed by atoms with Gasteiger partial charge < -0.3 is 52.5 Å². The zero-order valence-electron chi connectivity index (χ0n) is 39.8. The van der Waals surface area contributed by atoms with E-state index in [1.54, 1.807) is 0 Å². The van der Waals surface area contributed by atoms with Gasteiger partial charge in [-0.3, -0.25) is 76.7 Å². The number of carboxylic acids is 1. The minimum absolute atomic E-state index is 0.720. The van der Waals surface area contributed by atoms with Crippen molar-refractivity contribution in [1.29, 1.82) is 0 Å². The number of hydrogen-bond acceptors (Lipinski definition) is 26. The normalized spacial score (nSPS) is 23.8. The van der Waals surface area contributed by atoms with Crippen molar-refractivity contribution in [2.75, 3.05) is 13.2 Å². The van der Waals surface area contributed by atoms with Gasteiger partial charge in [0.05, 0.1) is 0 Å². The van der Waals surface area contributed by atoms with Crippen molar-refractivity contribution in [1.82, 2.24) is 0 Å². The third-order valence-electron chi connectivity index (χ3n) is 9.53. The number of rotatable bonds is 29. The number of aliphatic carboxylic acids is 1. The summed E-state index contributed by atoms with van der Waals surface area (Å²) in [6.07, 6.45) is -26.3. The molecule has 27 heteroatoms. The highest BCUT2D eigenvalue weighted by molar-refractivity contribution is 5.98. The zero-order valence-corrected chi connectivity index (χ0v) is 39.8. The van der Waals surface area contributed by atoms with Crippen molar-refractivity contribution in [3.05, 3.63) is 0 Å². The summed E-state index contributed by atoms with van der Waals surface area (Å²) in [4.78, 5) is 202. The molecule has 2 rings (SSSR count). The smallest absolute Gasteiger partial charge is 0.316 e. The summed E-state index contributed by atoms with van der Waals surface area (Å²) in [6, 6.07) is 0. The van der Waals surface area contributed by atoms with Crippen LogP contribution in [0.2, 0.25) is 0 Å². The Labute approximate surface area is 403 Å². The van der Waals surface area contributed by atoms with Crippen molar-refractivity contribution >= 4 is 94.0 Å². The lowest BCUT2D eigenvalue weighted by atomic mass is 9.89. The van der Waals surface area contributed by atoms with Crippen LogP contribution in [0.1, 0.15) is 107 Å². The van der Waals surface area contributed by atoms with Crippen molar-refractivity contribution in [3.63, 3.8) is 0 Å². The maximum Gasteiger partial charge on any atom is 0.316 e. The number of carboxylic acid groups (broad SMARTS) is 1. The van der Waals surface area contributed by atoms with Gasteiger partial charge in [0.1, 0.15) is 122 Å². The van der Waals surface area contributed by atoms with E-state index in [4.69, 9.17) is 47.4 Å². The Morgan fingerprint density at radius 3 is 1.30 bits per heavy atom. The highest BCUT2D eigenvalue weighted by Crippen LogP contribution is 2.41. The lowest BCUT2D eigenvalue weighted by Crippen LogP contribution is -2.64. The lowest BCUT2D eigenvalue weighted by Gasteiger charge is -2.46. The summed E-state index contributed by atoms with van der Waals surface area (Å²) in [7, 11) is 0. The molecule has 0 aromatic carbocycles. The molecule has 2 saturated heterocycles. The van der Waals surface area contributed by atoms with Gasteiger partial charge >= 0.3 is 47.8 Å². The summed E-state index contributed by atoms with van der Waals surface area (Å²) < 4.78 is 56.6. The Kier molecular flexibility index (Phi) is 23.2. The molecule has 2 fully saturated rings. The first-order valence-corrected chi connectivity index (χ1v) is 21.4. The average molecular weight is 1010 g/mol.